The van der Waals surface area contributed by atoms with Crippen LogP contribution in [0.25, 0.3) is 0 Å². The van der Waals surface area contributed by atoms with Crippen molar-refractivity contribution in [3.63, 3.8) is 0 Å². The lowest BCUT2D eigenvalue weighted by molar-refractivity contribution is 0.771. The Morgan fingerprint density at radius 2 is 0.964 bits per heavy atom. The third kappa shape index (κ3) is 9.22. The molecule has 16 radical (unpaired) electrons. The minimum absolute atomic E-state index is 0.305. The van der Waals surface area contributed by atoms with E-state index in [9.17, 15) is 0 Å². The van der Waals surface area contributed by atoms with Gasteiger partial charge in [0.25, 0.3) is 0 Å². The van der Waals surface area contributed by atoms with Gasteiger partial charge < -0.3 is 9.80 Å². The third-order valence-electron chi connectivity index (χ3n) is 10.9. The van der Waals surface area contributed by atoms with Gasteiger partial charge in [0, 0.05) is 22.8 Å². The number of anilines is 5. The van der Waals surface area contributed by atoms with Gasteiger partial charge in [0.1, 0.15) is 54.9 Å². The van der Waals surface area contributed by atoms with Crippen LogP contribution < -0.4 is 37.1 Å². The monoisotopic (exact) mass is 738 g/mol. The van der Waals surface area contributed by atoms with E-state index < -0.39 is 5.82 Å². The SMILES string of the molecule is [B]C1=C(CCCC)C([B])C(N(c2ccc(CCCC)cc2)c2cc([B])cc(N(c3ccc(CCCC)cc3)c3c([B])c([B])c(CCCC)c([B])c3[B])c2Cl)=C1[B]. The molecule has 0 bridgehead atoms. The van der Waals surface area contributed by atoms with E-state index in [1.807, 2.05) is 34.1 Å². The van der Waals surface area contributed by atoms with Gasteiger partial charge in [-0.3, -0.25) is 0 Å². The van der Waals surface area contributed by atoms with Gasteiger partial charge in [0.2, 0.25) is 0 Å². The standard InChI is InChI=1S/C45H47B8ClN2/c1-5-9-13-27-17-21-30(22-18-27)55(44-39(50)33(16-12-8-4)38(49)40(44)51)34-25-29(46)26-35(43(34)54)56(31-23-19-28(20-24-31)14-10-6-2)45-41(52)36(47)32(15-11-7-3)37(48)42(45)53/h17-26,39H,5-16H2,1-4H3. The van der Waals surface area contributed by atoms with Gasteiger partial charge in [-0.05, 0) is 105 Å². The highest BCUT2D eigenvalue weighted by Gasteiger charge is 2.33. The molecule has 1 unspecified atom stereocenters. The molecule has 0 saturated carbocycles. The summed E-state index contributed by atoms with van der Waals surface area (Å²) in [6.07, 6.45) is 11.4. The van der Waals surface area contributed by atoms with Crippen LogP contribution in [-0.4, -0.2) is 62.8 Å². The van der Waals surface area contributed by atoms with Crippen LogP contribution in [0, 0.1) is 0 Å². The summed E-state index contributed by atoms with van der Waals surface area (Å²) in [5.74, 6) is -0.574. The quantitative estimate of drug-likeness (QED) is 0.103. The molecule has 4 aromatic rings. The molecule has 56 heavy (non-hydrogen) atoms. The average Bonchev–Trinajstić information content (AvgIpc) is 3.40. The van der Waals surface area contributed by atoms with Crippen LogP contribution in [0.3, 0.4) is 0 Å². The van der Waals surface area contributed by atoms with Crippen molar-refractivity contribution in [3.8, 4) is 0 Å². The zero-order chi connectivity index (χ0) is 40.7. The van der Waals surface area contributed by atoms with Gasteiger partial charge in [-0.1, -0.05) is 133 Å². The average molecular weight is 738 g/mol. The van der Waals surface area contributed by atoms with E-state index in [2.05, 4.69) is 64.1 Å². The minimum Gasteiger partial charge on any atom is -0.313 e. The predicted molar refractivity (Wildman–Crippen MR) is 252 cm³/mol. The largest absolute Gasteiger partial charge is 0.313 e. The molecule has 5 rings (SSSR count). The first-order chi connectivity index (χ1) is 26.9. The minimum atomic E-state index is -0.574. The van der Waals surface area contributed by atoms with Crippen molar-refractivity contribution in [2.24, 2.45) is 0 Å². The van der Waals surface area contributed by atoms with Crippen LogP contribution >= 0.6 is 11.6 Å². The maximum absolute atomic E-state index is 7.70. The molecule has 1 aliphatic rings. The van der Waals surface area contributed by atoms with Gasteiger partial charge in [0.15, 0.2) is 0 Å². The molecular formula is C45H47B8ClN2. The zero-order valence-corrected chi connectivity index (χ0v) is 34.5. The first-order valence-corrected chi connectivity index (χ1v) is 20.6. The number of rotatable bonds is 18. The Morgan fingerprint density at radius 3 is 1.45 bits per heavy atom. The second-order valence-electron chi connectivity index (χ2n) is 15.0. The molecule has 4 aromatic carbocycles. The normalized spacial score (nSPS) is 14.2. The second kappa shape index (κ2) is 20.0. The number of hydrogen-bond acceptors (Lipinski definition) is 2. The van der Waals surface area contributed by atoms with Crippen molar-refractivity contribution in [1.82, 2.24) is 0 Å². The van der Waals surface area contributed by atoms with Gasteiger partial charge >= 0.3 is 0 Å². The van der Waals surface area contributed by atoms with Crippen molar-refractivity contribution >= 4 is 130 Å². The van der Waals surface area contributed by atoms with Crippen LogP contribution in [-0.2, 0) is 19.3 Å². The Bertz CT molecular complexity index is 2030. The second-order valence-corrected chi connectivity index (χ2v) is 15.4. The Morgan fingerprint density at radius 1 is 0.536 bits per heavy atom. The molecule has 1 aliphatic carbocycles. The smallest absolute Gasteiger partial charge is 0.115 e. The summed E-state index contributed by atoms with van der Waals surface area (Å²) in [5.41, 5.74) is 10.5. The first kappa shape index (κ1) is 43.9. The van der Waals surface area contributed by atoms with Crippen LogP contribution in [0.1, 0.15) is 102 Å². The Hall–Kier alpha value is -3.23. The highest BCUT2D eigenvalue weighted by molar-refractivity contribution is 6.61. The maximum atomic E-state index is 7.70. The molecular weight excluding hydrogens is 690 g/mol. The summed E-state index contributed by atoms with van der Waals surface area (Å²) in [4.78, 5) is 3.90. The lowest BCUT2D eigenvalue weighted by Crippen LogP contribution is -2.47. The van der Waals surface area contributed by atoms with E-state index in [0.29, 0.717) is 72.5 Å². The van der Waals surface area contributed by atoms with Crippen LogP contribution in [0.4, 0.5) is 28.4 Å². The number of hydrogen-bond donors (Lipinski definition) is 0. The number of benzene rings is 4. The van der Waals surface area contributed by atoms with E-state index in [1.165, 1.54) is 11.1 Å². The van der Waals surface area contributed by atoms with Crippen molar-refractivity contribution < 1.29 is 0 Å². The van der Waals surface area contributed by atoms with E-state index >= 15 is 0 Å². The van der Waals surface area contributed by atoms with E-state index in [1.54, 1.807) is 0 Å². The molecule has 2 nitrogen and oxygen atoms in total. The maximum Gasteiger partial charge on any atom is 0.115 e. The molecule has 0 spiro atoms. The Kier molecular flexibility index (Phi) is 15.6. The van der Waals surface area contributed by atoms with Crippen molar-refractivity contribution in [1.29, 1.82) is 0 Å². The summed E-state index contributed by atoms with van der Waals surface area (Å²) in [5, 5.41) is 0.350. The summed E-state index contributed by atoms with van der Waals surface area (Å²) in [6.45, 7) is 8.62. The molecule has 0 heterocycles. The predicted octanol–water partition coefficient (Wildman–Crippen LogP) is 6.91. The first-order valence-electron chi connectivity index (χ1n) is 20.3. The van der Waals surface area contributed by atoms with E-state index in [4.69, 9.17) is 74.4 Å². The van der Waals surface area contributed by atoms with Crippen molar-refractivity contribution in [3.05, 3.63) is 105 Å². The van der Waals surface area contributed by atoms with Gasteiger partial charge in [-0.15, -0.1) is 5.47 Å². The molecule has 11 heteroatoms. The Labute approximate surface area is 353 Å². The summed E-state index contributed by atoms with van der Waals surface area (Å²) < 4.78 is 0. The van der Waals surface area contributed by atoms with Gasteiger partial charge in [-0.2, -0.15) is 0 Å². The number of allylic oxidation sites excluding steroid dienone is 3. The topological polar surface area (TPSA) is 6.48 Å². The van der Waals surface area contributed by atoms with Crippen LogP contribution in [0.2, 0.25) is 10.8 Å². The zero-order valence-electron chi connectivity index (χ0n) is 33.7. The third-order valence-corrected chi connectivity index (χ3v) is 11.3. The summed E-state index contributed by atoms with van der Waals surface area (Å²) >= 11 is 7.70. The number of aryl methyl sites for hydroxylation is 2. The molecule has 268 valence electrons. The fourth-order valence-electron chi connectivity index (χ4n) is 7.58. The molecule has 0 fully saturated rings. The fourth-order valence-corrected chi connectivity index (χ4v) is 7.86. The fraction of sp³-hybridized carbons (Fsp3) is 0.378. The lowest BCUT2D eigenvalue weighted by Gasteiger charge is -2.37. The number of halogens is 1. The summed E-state index contributed by atoms with van der Waals surface area (Å²) in [7, 11) is 55.2. The van der Waals surface area contributed by atoms with Crippen LogP contribution in [0.5, 0.6) is 0 Å². The van der Waals surface area contributed by atoms with Crippen molar-refractivity contribution in [2.45, 2.75) is 111 Å². The highest BCUT2D eigenvalue weighted by Crippen LogP contribution is 2.50. The van der Waals surface area contributed by atoms with E-state index in [-0.39, 0.29) is 0 Å². The van der Waals surface area contributed by atoms with Gasteiger partial charge in [-0.25, -0.2) is 0 Å². The van der Waals surface area contributed by atoms with Crippen LogP contribution in [0.15, 0.2) is 82.9 Å². The molecule has 1 atom stereocenters. The van der Waals surface area contributed by atoms with Crippen molar-refractivity contribution in [2.75, 3.05) is 9.80 Å². The number of unbranched alkanes of at least 4 members (excludes halogenated alkanes) is 4. The molecule has 0 aliphatic heterocycles. The Balaban J connectivity index is 1.79. The number of nitrogens with zero attached hydrogens (tertiary/aromatic N) is 2. The molecule has 0 N–H and O–H groups in total. The lowest BCUT2D eigenvalue weighted by atomic mass is 9.65. The molecule has 0 amide bonds. The highest BCUT2D eigenvalue weighted by atomic mass is 35.5. The van der Waals surface area contributed by atoms with Gasteiger partial charge in [0.05, 0.1) is 24.2 Å². The molecule has 0 aromatic heterocycles. The summed E-state index contributed by atoms with van der Waals surface area (Å²) in [6, 6.07) is 20.3. The van der Waals surface area contributed by atoms with E-state index in [0.717, 1.165) is 93.1 Å². The molecule has 0 saturated heterocycles.